The van der Waals surface area contributed by atoms with Crippen LogP contribution >= 0.6 is 15.8 Å². The molecule has 0 saturated carbocycles. The first kappa shape index (κ1) is 37.1. The molecule has 0 unspecified atom stereocenters. The number of aryl methyl sites for hydroxylation is 10. The van der Waals surface area contributed by atoms with Gasteiger partial charge in [-0.25, -0.2) is 0 Å². The van der Waals surface area contributed by atoms with E-state index in [-0.39, 0.29) is 0 Å². The molecule has 2 heteroatoms. The predicted octanol–water partition coefficient (Wildman–Crippen LogP) is 11.1. The van der Waals surface area contributed by atoms with Gasteiger partial charge >= 0.3 is 0 Å². The quantitative estimate of drug-likeness (QED) is 0.143. The largest absolute Gasteiger partial charge is 0.0617 e. The van der Waals surface area contributed by atoms with Crippen LogP contribution in [0.3, 0.4) is 0 Å². The summed E-state index contributed by atoms with van der Waals surface area (Å²) < 4.78 is 0. The summed E-state index contributed by atoms with van der Waals surface area (Å²) in [5.74, 6) is 0. The van der Waals surface area contributed by atoms with Crippen LogP contribution in [0.25, 0.3) is 11.1 Å². The molecule has 0 radical (unpaired) electrons. The lowest BCUT2D eigenvalue weighted by atomic mass is 9.81. The molecule has 0 atom stereocenters. The SMILES string of the molecule is Cc1cccc(C)c1P(c1ccc2c(c1-c1c(P(c3c(C)cccc3C)c3c(C)cccc3C)ccc3c1CCCC3)CCCC2)c1c(C)cccc1C. The van der Waals surface area contributed by atoms with Crippen molar-refractivity contribution in [2.75, 3.05) is 0 Å². The van der Waals surface area contributed by atoms with E-state index in [0.717, 1.165) is 12.8 Å². The fraction of sp³-hybridized carbons (Fsp3) is 0.308. The number of fused-ring (bicyclic) bond motifs is 2. The van der Waals surface area contributed by atoms with Crippen molar-refractivity contribution < 1.29 is 0 Å². The fourth-order valence-electron chi connectivity index (χ4n) is 9.90. The average molecular weight is 743 g/mol. The molecule has 8 rings (SSSR count). The van der Waals surface area contributed by atoms with Crippen LogP contribution in [0.15, 0.2) is 97.1 Å². The van der Waals surface area contributed by atoms with Gasteiger partial charge in [0.15, 0.2) is 0 Å². The lowest BCUT2D eigenvalue weighted by Gasteiger charge is -2.35. The summed E-state index contributed by atoms with van der Waals surface area (Å²) in [6.45, 7) is 18.9. The van der Waals surface area contributed by atoms with Gasteiger partial charge in [0.1, 0.15) is 0 Å². The molecule has 0 bridgehead atoms. The van der Waals surface area contributed by atoms with Gasteiger partial charge in [-0.15, -0.1) is 0 Å². The molecular weight excluding hydrogens is 687 g/mol. The van der Waals surface area contributed by atoms with Gasteiger partial charge in [-0.2, -0.15) is 0 Å². The number of benzene rings is 6. The van der Waals surface area contributed by atoms with Gasteiger partial charge in [0.05, 0.1) is 0 Å². The normalized spacial score (nSPS) is 14.0. The van der Waals surface area contributed by atoms with E-state index in [4.69, 9.17) is 0 Å². The molecule has 6 aromatic rings. The highest BCUT2D eigenvalue weighted by Crippen LogP contribution is 2.49. The lowest BCUT2D eigenvalue weighted by molar-refractivity contribution is 0.682. The molecule has 0 N–H and O–H groups in total. The first-order chi connectivity index (χ1) is 26.2. The first-order valence-electron chi connectivity index (χ1n) is 20.3. The van der Waals surface area contributed by atoms with Crippen LogP contribution in [-0.2, 0) is 25.7 Å². The van der Waals surface area contributed by atoms with Gasteiger partial charge in [0.25, 0.3) is 0 Å². The summed E-state index contributed by atoms with van der Waals surface area (Å²) >= 11 is 0. The Bertz CT molecular complexity index is 2040. The summed E-state index contributed by atoms with van der Waals surface area (Å²) in [6.07, 6.45) is 9.78. The van der Waals surface area contributed by atoms with E-state index in [1.807, 2.05) is 0 Å². The maximum Gasteiger partial charge on any atom is -0.00559 e. The topological polar surface area (TPSA) is 0 Å². The molecule has 274 valence electrons. The van der Waals surface area contributed by atoms with Crippen LogP contribution in [0.5, 0.6) is 0 Å². The summed E-state index contributed by atoms with van der Waals surface area (Å²) in [5, 5.41) is 9.30. The van der Waals surface area contributed by atoms with Crippen LogP contribution in [-0.4, -0.2) is 0 Å². The third-order valence-electron chi connectivity index (χ3n) is 12.4. The van der Waals surface area contributed by atoms with Crippen molar-refractivity contribution >= 4 is 47.7 Å². The van der Waals surface area contributed by atoms with Gasteiger partial charge in [-0.05, 0) is 232 Å². The molecule has 2 aliphatic carbocycles. The van der Waals surface area contributed by atoms with Crippen molar-refractivity contribution in [2.45, 2.75) is 107 Å². The predicted molar refractivity (Wildman–Crippen MR) is 240 cm³/mol. The monoisotopic (exact) mass is 742 g/mol. The van der Waals surface area contributed by atoms with Crippen molar-refractivity contribution in [3.8, 4) is 11.1 Å². The van der Waals surface area contributed by atoms with Crippen LogP contribution in [0.1, 0.15) is 92.4 Å². The Kier molecular flexibility index (Phi) is 10.6. The van der Waals surface area contributed by atoms with Crippen molar-refractivity contribution in [1.29, 1.82) is 0 Å². The smallest absolute Gasteiger partial charge is 0.00559 e. The van der Waals surface area contributed by atoms with Gasteiger partial charge in [-0.3, -0.25) is 0 Å². The molecular formula is C52H56P2. The number of hydrogen-bond donors (Lipinski definition) is 0. The molecule has 0 saturated heterocycles. The molecule has 6 aromatic carbocycles. The van der Waals surface area contributed by atoms with Crippen molar-refractivity contribution in [3.63, 3.8) is 0 Å². The standard InChI is InChI=1S/C52H56P2/c1-33-17-13-18-34(2)49(33)53(50-35(3)19-14-20-36(50)4)45-31-29-41-25-9-11-27-43(41)47(45)48-44-28-12-10-26-42(44)30-32-46(48)54(51-37(5)21-15-22-38(51)6)52-39(7)23-16-24-40(52)8/h13-24,29-32H,9-12,25-28H2,1-8H3. The molecule has 0 heterocycles. The van der Waals surface area contributed by atoms with E-state index in [1.54, 1.807) is 65.2 Å². The molecule has 0 spiro atoms. The zero-order chi connectivity index (χ0) is 37.7. The Morgan fingerprint density at radius 1 is 0.315 bits per heavy atom. The first-order valence-corrected chi connectivity index (χ1v) is 23.0. The summed E-state index contributed by atoms with van der Waals surface area (Å²) in [7, 11) is -1.72. The van der Waals surface area contributed by atoms with E-state index in [2.05, 4.69) is 152 Å². The van der Waals surface area contributed by atoms with Gasteiger partial charge < -0.3 is 0 Å². The minimum absolute atomic E-state index is 0.860. The molecule has 2 aliphatic rings. The summed E-state index contributed by atoms with van der Waals surface area (Å²) in [5.41, 5.74) is 21.0. The molecule has 0 aliphatic heterocycles. The van der Waals surface area contributed by atoms with Crippen molar-refractivity contribution in [2.24, 2.45) is 0 Å². The van der Waals surface area contributed by atoms with Crippen LogP contribution in [0, 0.1) is 55.4 Å². The zero-order valence-electron chi connectivity index (χ0n) is 33.8. The van der Waals surface area contributed by atoms with Gasteiger partial charge in [-0.1, -0.05) is 97.1 Å². The summed E-state index contributed by atoms with van der Waals surface area (Å²) in [6, 6.07) is 38.3. The second kappa shape index (κ2) is 15.4. The second-order valence-electron chi connectivity index (χ2n) is 16.2. The Morgan fingerprint density at radius 3 is 0.852 bits per heavy atom. The maximum atomic E-state index is 2.62. The van der Waals surface area contributed by atoms with E-state index >= 15 is 0 Å². The Hall–Kier alpha value is -3.82. The zero-order valence-corrected chi connectivity index (χ0v) is 35.6. The molecule has 0 aromatic heterocycles. The maximum absolute atomic E-state index is 2.62. The highest BCUT2D eigenvalue weighted by Gasteiger charge is 2.34. The van der Waals surface area contributed by atoms with E-state index < -0.39 is 15.8 Å². The van der Waals surface area contributed by atoms with Gasteiger partial charge in [0, 0.05) is 0 Å². The number of rotatable bonds is 7. The fourth-order valence-corrected chi connectivity index (χ4v) is 16.1. The molecule has 0 fully saturated rings. The van der Waals surface area contributed by atoms with Crippen LogP contribution in [0.2, 0.25) is 0 Å². The van der Waals surface area contributed by atoms with E-state index in [9.17, 15) is 0 Å². The third-order valence-corrected chi connectivity index (χ3v) is 18.7. The third kappa shape index (κ3) is 6.53. The Morgan fingerprint density at radius 2 is 0.574 bits per heavy atom. The number of hydrogen-bond acceptors (Lipinski definition) is 0. The molecule has 0 amide bonds. The second-order valence-corrected chi connectivity index (χ2v) is 20.3. The lowest BCUT2D eigenvalue weighted by Crippen LogP contribution is -2.33. The molecule has 0 nitrogen and oxygen atoms in total. The van der Waals surface area contributed by atoms with Crippen molar-refractivity contribution in [1.82, 2.24) is 0 Å². The van der Waals surface area contributed by atoms with Crippen LogP contribution < -0.4 is 31.8 Å². The van der Waals surface area contributed by atoms with E-state index in [1.165, 1.54) is 83.0 Å². The minimum Gasteiger partial charge on any atom is -0.0617 e. The van der Waals surface area contributed by atoms with Crippen LogP contribution in [0.4, 0.5) is 0 Å². The van der Waals surface area contributed by atoms with Gasteiger partial charge in [0.2, 0.25) is 0 Å². The highest BCUT2D eigenvalue weighted by atomic mass is 31.1. The summed E-state index contributed by atoms with van der Waals surface area (Å²) in [4.78, 5) is 0. The Labute approximate surface area is 328 Å². The average Bonchev–Trinajstić information content (AvgIpc) is 3.15. The Balaban J connectivity index is 1.56. The highest BCUT2D eigenvalue weighted by molar-refractivity contribution is 7.81. The minimum atomic E-state index is -0.860. The molecule has 54 heavy (non-hydrogen) atoms. The van der Waals surface area contributed by atoms with E-state index in [0.29, 0.717) is 0 Å². The van der Waals surface area contributed by atoms with Crippen molar-refractivity contribution in [3.05, 3.63) is 164 Å².